The molecule has 2 aromatic rings. The monoisotopic (exact) mass is 445 g/mol. The maximum atomic E-state index is 12.2. The van der Waals surface area contributed by atoms with Crippen molar-refractivity contribution in [1.82, 2.24) is 4.57 Å². The van der Waals surface area contributed by atoms with Crippen molar-refractivity contribution in [2.75, 3.05) is 26.9 Å². The molecule has 0 saturated carbocycles. The minimum absolute atomic E-state index is 0.190. The van der Waals surface area contributed by atoms with Crippen molar-refractivity contribution < 1.29 is 28.9 Å². The molecule has 1 aliphatic heterocycles. The number of benzene rings is 1. The van der Waals surface area contributed by atoms with E-state index in [1.807, 2.05) is 0 Å². The van der Waals surface area contributed by atoms with Gasteiger partial charge in [-0.15, -0.1) is 0 Å². The average Bonchev–Trinajstić information content (AvgIpc) is 2.87. The molecule has 32 heavy (non-hydrogen) atoms. The third-order valence-corrected chi connectivity index (χ3v) is 4.44. The number of fused-ring (bicyclic) bond motifs is 3. The number of nitrogens with zero attached hydrogens (tertiary/aromatic N) is 1. The Morgan fingerprint density at radius 2 is 1.84 bits per heavy atom. The van der Waals surface area contributed by atoms with Gasteiger partial charge < -0.3 is 23.9 Å². The van der Waals surface area contributed by atoms with Crippen LogP contribution in [0.3, 0.4) is 0 Å². The lowest BCUT2D eigenvalue weighted by molar-refractivity contribution is 0.0694. The molecule has 0 radical (unpaired) electrons. The Hall–Kier alpha value is -3.13. The summed E-state index contributed by atoms with van der Waals surface area (Å²) in [6.07, 6.45) is 1.98. The Bertz CT molecular complexity index is 1020. The van der Waals surface area contributed by atoms with E-state index in [1.54, 1.807) is 23.8 Å². The lowest BCUT2D eigenvalue weighted by Crippen LogP contribution is -2.19. The number of pyridine rings is 1. The van der Waals surface area contributed by atoms with E-state index in [9.17, 15) is 19.5 Å². The number of ketones is 1. The number of Topliss-reactive ketones (excluding diaryl/α,β-unsaturated/α-hetero) is 1. The van der Waals surface area contributed by atoms with Gasteiger partial charge in [0.2, 0.25) is 0 Å². The number of ether oxygens (including phenoxy) is 3. The number of methoxy groups -OCH3 is 1. The molecule has 174 valence electrons. The van der Waals surface area contributed by atoms with Crippen molar-refractivity contribution >= 4 is 11.8 Å². The summed E-state index contributed by atoms with van der Waals surface area (Å²) in [7, 11) is 1.60. The fraction of sp³-hybridized carbons (Fsp3) is 0.458. The predicted molar refractivity (Wildman–Crippen MR) is 121 cm³/mol. The normalized spacial score (nSPS) is 11.9. The molecule has 0 aliphatic carbocycles. The first-order chi connectivity index (χ1) is 15.1. The molecule has 0 saturated heterocycles. The molecule has 2 heterocycles. The van der Waals surface area contributed by atoms with Crippen LogP contribution >= 0.6 is 0 Å². The summed E-state index contributed by atoms with van der Waals surface area (Å²) in [5.74, 6) is 0.237. The Morgan fingerprint density at radius 1 is 1.16 bits per heavy atom. The van der Waals surface area contributed by atoms with E-state index in [1.165, 1.54) is 19.2 Å². The third kappa shape index (κ3) is 6.43. The molecule has 8 heteroatoms. The number of carbonyl (C=O) groups is 2. The minimum Gasteiger partial charge on any atom is -0.493 e. The van der Waals surface area contributed by atoms with E-state index in [0.29, 0.717) is 54.5 Å². The van der Waals surface area contributed by atoms with Crippen LogP contribution in [0.25, 0.3) is 11.3 Å². The molecule has 0 unspecified atom stereocenters. The highest BCUT2D eigenvalue weighted by atomic mass is 16.5. The molecular formula is C24H31NO7. The van der Waals surface area contributed by atoms with Gasteiger partial charge in [-0.2, -0.15) is 0 Å². The fourth-order valence-electron chi connectivity index (χ4n) is 3.07. The second kappa shape index (κ2) is 11.5. The molecule has 0 fully saturated rings. The summed E-state index contributed by atoms with van der Waals surface area (Å²) in [4.78, 5) is 35.6. The van der Waals surface area contributed by atoms with Crippen LogP contribution in [0.15, 0.2) is 29.2 Å². The highest BCUT2D eigenvalue weighted by Crippen LogP contribution is 2.37. The van der Waals surface area contributed by atoms with Crippen LogP contribution in [0.5, 0.6) is 11.5 Å². The van der Waals surface area contributed by atoms with Crippen molar-refractivity contribution in [2.45, 2.75) is 40.7 Å². The molecule has 1 aromatic heterocycles. The molecule has 0 bridgehead atoms. The van der Waals surface area contributed by atoms with E-state index in [-0.39, 0.29) is 18.0 Å². The zero-order valence-corrected chi connectivity index (χ0v) is 19.3. The standard InChI is InChI=1S/C20H21NO7.C4H10/c1-12(22)13-8-14-16-9-17(23)15(20(24)25)11-21(16)4-7-28-19(14)10-18(13)27-6-3-5-26-2;1-4(2)3/h8-11H,3-7H2,1-2H3,(H,24,25);4H,1-3H3. The Balaban J connectivity index is 0.000000837. The smallest absolute Gasteiger partial charge is 0.341 e. The number of hydrogen-bond acceptors (Lipinski definition) is 6. The molecular weight excluding hydrogens is 414 g/mol. The predicted octanol–water partition coefficient (Wildman–Crippen LogP) is 3.89. The van der Waals surface area contributed by atoms with Crippen LogP contribution in [0.2, 0.25) is 0 Å². The van der Waals surface area contributed by atoms with Crippen LogP contribution in [-0.2, 0) is 11.3 Å². The van der Waals surface area contributed by atoms with E-state index < -0.39 is 11.4 Å². The summed E-state index contributed by atoms with van der Waals surface area (Å²) >= 11 is 0. The molecule has 0 atom stereocenters. The van der Waals surface area contributed by atoms with Gasteiger partial charge in [-0.05, 0) is 18.9 Å². The van der Waals surface area contributed by atoms with Crippen molar-refractivity contribution in [1.29, 1.82) is 0 Å². The zero-order valence-electron chi connectivity index (χ0n) is 19.3. The van der Waals surface area contributed by atoms with Gasteiger partial charge in [0.1, 0.15) is 23.7 Å². The molecule has 0 spiro atoms. The third-order valence-electron chi connectivity index (χ3n) is 4.44. The minimum atomic E-state index is -1.28. The van der Waals surface area contributed by atoms with Gasteiger partial charge in [0.25, 0.3) is 0 Å². The van der Waals surface area contributed by atoms with Gasteiger partial charge in [0, 0.05) is 44.0 Å². The van der Waals surface area contributed by atoms with Crippen LogP contribution in [0.1, 0.15) is 54.8 Å². The summed E-state index contributed by atoms with van der Waals surface area (Å²) < 4.78 is 18.2. The van der Waals surface area contributed by atoms with Crippen molar-refractivity contribution in [3.8, 4) is 22.8 Å². The Labute approximate surface area is 187 Å². The lowest BCUT2D eigenvalue weighted by Gasteiger charge is -2.15. The highest BCUT2D eigenvalue weighted by Gasteiger charge is 2.22. The van der Waals surface area contributed by atoms with E-state index in [0.717, 1.165) is 5.92 Å². The topological polar surface area (TPSA) is 104 Å². The van der Waals surface area contributed by atoms with Crippen LogP contribution in [-0.4, -0.2) is 48.4 Å². The maximum Gasteiger partial charge on any atom is 0.341 e. The second-order valence-corrected chi connectivity index (χ2v) is 8.11. The number of aromatic nitrogens is 1. The van der Waals surface area contributed by atoms with Crippen LogP contribution in [0.4, 0.5) is 0 Å². The molecule has 1 aliphatic rings. The first-order valence-electron chi connectivity index (χ1n) is 10.6. The van der Waals surface area contributed by atoms with Gasteiger partial charge >= 0.3 is 5.97 Å². The highest BCUT2D eigenvalue weighted by molar-refractivity contribution is 5.99. The lowest BCUT2D eigenvalue weighted by atomic mass is 10.0. The molecule has 8 nitrogen and oxygen atoms in total. The second-order valence-electron chi connectivity index (χ2n) is 8.11. The average molecular weight is 446 g/mol. The van der Waals surface area contributed by atoms with Gasteiger partial charge in [-0.3, -0.25) is 9.59 Å². The van der Waals surface area contributed by atoms with Gasteiger partial charge in [-0.25, -0.2) is 4.79 Å². The Kier molecular flexibility index (Phi) is 9.02. The van der Waals surface area contributed by atoms with Crippen molar-refractivity contribution in [3.05, 3.63) is 45.7 Å². The summed E-state index contributed by atoms with van der Waals surface area (Å²) in [6, 6.07) is 4.53. The van der Waals surface area contributed by atoms with Gasteiger partial charge in [-0.1, -0.05) is 20.8 Å². The van der Waals surface area contributed by atoms with E-state index in [2.05, 4.69) is 20.8 Å². The quantitative estimate of drug-likeness (QED) is 0.509. The molecule has 1 aromatic carbocycles. The van der Waals surface area contributed by atoms with Crippen LogP contribution < -0.4 is 14.9 Å². The fourth-order valence-corrected chi connectivity index (χ4v) is 3.07. The number of hydrogen-bond donors (Lipinski definition) is 1. The number of rotatable bonds is 7. The molecule has 3 rings (SSSR count). The SMILES string of the molecule is CC(C)C.COCCCOc1cc2c(cc1C(C)=O)-c1cc(=O)c(C(=O)O)cn1CCO2. The molecule has 0 amide bonds. The summed E-state index contributed by atoms with van der Waals surface area (Å²) in [5.41, 5.74) is 0.493. The summed E-state index contributed by atoms with van der Waals surface area (Å²) in [6.45, 7) is 9.50. The number of carboxylic acids is 1. The van der Waals surface area contributed by atoms with Gasteiger partial charge in [0.05, 0.1) is 24.4 Å². The van der Waals surface area contributed by atoms with E-state index >= 15 is 0 Å². The Morgan fingerprint density at radius 3 is 2.44 bits per heavy atom. The number of carbonyl (C=O) groups excluding carboxylic acids is 1. The molecule has 1 N–H and O–H groups in total. The van der Waals surface area contributed by atoms with Crippen molar-refractivity contribution in [2.24, 2.45) is 5.92 Å². The number of aromatic carboxylic acids is 1. The summed E-state index contributed by atoms with van der Waals surface area (Å²) in [5, 5.41) is 9.19. The van der Waals surface area contributed by atoms with E-state index in [4.69, 9.17) is 14.2 Å². The first kappa shape index (κ1) is 25.1. The van der Waals surface area contributed by atoms with Gasteiger partial charge in [0.15, 0.2) is 11.2 Å². The zero-order chi connectivity index (χ0) is 23.8. The number of carboxylic acid groups (broad SMARTS) is 1. The maximum absolute atomic E-state index is 12.2. The van der Waals surface area contributed by atoms with Crippen molar-refractivity contribution in [3.63, 3.8) is 0 Å². The largest absolute Gasteiger partial charge is 0.493 e. The first-order valence-corrected chi connectivity index (χ1v) is 10.6. The van der Waals surface area contributed by atoms with Crippen LogP contribution in [0, 0.1) is 5.92 Å².